The summed E-state index contributed by atoms with van der Waals surface area (Å²) in [5.74, 6) is 1.77. The van der Waals surface area contributed by atoms with E-state index >= 15 is 0 Å². The molecule has 1 heterocycles. The second-order valence-corrected chi connectivity index (χ2v) is 13.5. The van der Waals surface area contributed by atoms with Crippen LogP contribution < -0.4 is 5.11 Å². The molecule has 0 unspecified atom stereocenters. The zero-order valence-electron chi connectivity index (χ0n) is 22.8. The molecule has 4 aliphatic rings. The van der Waals surface area contributed by atoms with Gasteiger partial charge in [-0.25, -0.2) is 0 Å². The summed E-state index contributed by atoms with van der Waals surface area (Å²) >= 11 is 0. The molecule has 0 aliphatic heterocycles. The van der Waals surface area contributed by atoms with Gasteiger partial charge in [0, 0.05) is 25.2 Å². The van der Waals surface area contributed by atoms with E-state index in [9.17, 15) is 9.90 Å². The maximum Gasteiger partial charge on any atom is 0.305 e. The van der Waals surface area contributed by atoms with Gasteiger partial charge in [-0.1, -0.05) is 43.7 Å². The van der Waals surface area contributed by atoms with E-state index < -0.39 is 6.10 Å². The second-order valence-electron chi connectivity index (χ2n) is 13.5. The fourth-order valence-electron chi connectivity index (χ4n) is 8.36. The molecule has 2 fully saturated rings. The zero-order chi connectivity index (χ0) is 25.7. The number of hydrogen-bond acceptors (Lipinski definition) is 4. The maximum atomic E-state index is 12.5. The summed E-state index contributed by atoms with van der Waals surface area (Å²) < 4.78 is 6.42. The number of carbonyl (C=O) groups is 1. The van der Waals surface area contributed by atoms with Crippen molar-refractivity contribution in [3.05, 3.63) is 47.8 Å². The molecule has 4 aliphatic carbocycles. The van der Waals surface area contributed by atoms with Gasteiger partial charge >= 0.3 is 5.97 Å². The lowest BCUT2D eigenvalue weighted by molar-refractivity contribution is -0.880. The Morgan fingerprint density at radius 3 is 2.64 bits per heavy atom. The van der Waals surface area contributed by atoms with Gasteiger partial charge in [-0.2, -0.15) is 0 Å². The summed E-state index contributed by atoms with van der Waals surface area (Å²) in [6, 6.07) is 4.28. The molecule has 5 rings (SSSR count). The van der Waals surface area contributed by atoms with Crippen molar-refractivity contribution in [2.45, 2.75) is 77.4 Å². The highest BCUT2D eigenvalue weighted by atomic mass is 16.5. The number of rotatable bonds is 6. The average Bonchev–Trinajstić information content (AvgIpc) is 3.15. The Morgan fingerprint density at radius 2 is 1.92 bits per heavy atom. The van der Waals surface area contributed by atoms with Crippen molar-refractivity contribution in [2.24, 2.45) is 28.6 Å². The number of carbonyl (C=O) groups excluding carboxylic acids is 1. The van der Waals surface area contributed by atoms with Crippen LogP contribution in [0.4, 0.5) is 0 Å². The van der Waals surface area contributed by atoms with Crippen molar-refractivity contribution in [1.82, 2.24) is 4.98 Å². The first-order chi connectivity index (χ1) is 17.0. The standard InChI is InChI=1S/C31H44N2O3/c1-30-14-12-24(36-29(35)18-23(34)20-33(3,4)5)17-22(30)8-9-25-27-11-10-26(21-7-6-16-32-19-21)31(27,2)15-13-28(25)30/h6-8,10,16,19,23-25,27-28H,9,11-15,17-18,20H2,1-5H3/t23-,24+,25+,27+,28+,30+,31-/m1/s1. The van der Waals surface area contributed by atoms with Crippen molar-refractivity contribution in [2.75, 3.05) is 27.7 Å². The highest BCUT2D eigenvalue weighted by Gasteiger charge is 2.57. The van der Waals surface area contributed by atoms with E-state index in [0.29, 0.717) is 28.8 Å². The van der Waals surface area contributed by atoms with Gasteiger partial charge in [0.15, 0.2) is 0 Å². The smallest absolute Gasteiger partial charge is 0.305 e. The highest BCUT2D eigenvalue weighted by Crippen LogP contribution is 2.66. The number of fused-ring (bicyclic) bond motifs is 5. The number of quaternary nitrogens is 1. The summed E-state index contributed by atoms with van der Waals surface area (Å²) in [5.41, 5.74) is 4.74. The van der Waals surface area contributed by atoms with E-state index in [0.717, 1.165) is 25.7 Å². The molecular weight excluding hydrogens is 448 g/mol. The molecule has 0 aromatic carbocycles. The van der Waals surface area contributed by atoms with Crippen molar-refractivity contribution < 1.29 is 19.1 Å². The summed E-state index contributed by atoms with van der Waals surface area (Å²) in [6.45, 7) is 5.42. The predicted molar refractivity (Wildman–Crippen MR) is 140 cm³/mol. The van der Waals surface area contributed by atoms with E-state index in [4.69, 9.17) is 4.74 Å². The molecule has 0 saturated heterocycles. The van der Waals surface area contributed by atoms with Crippen LogP contribution in [0.5, 0.6) is 0 Å². The van der Waals surface area contributed by atoms with Gasteiger partial charge < -0.3 is 14.3 Å². The van der Waals surface area contributed by atoms with E-state index in [2.05, 4.69) is 43.1 Å². The van der Waals surface area contributed by atoms with E-state index in [1.807, 2.05) is 33.5 Å². The quantitative estimate of drug-likeness (QED) is 0.326. The van der Waals surface area contributed by atoms with Crippen molar-refractivity contribution in [3.8, 4) is 0 Å². The van der Waals surface area contributed by atoms with Crippen LogP contribution in [-0.2, 0) is 9.53 Å². The SMILES string of the molecule is C[C@]12CC[C@H](OC(=O)C[C@@H]([O-])C[N+](C)(C)C)CC1=CC[C@@H]1[C@@H]2CC[C@]2(C)C(c3cccnc3)=CC[C@@H]12. The molecule has 5 heteroatoms. The lowest BCUT2D eigenvalue weighted by Crippen LogP contribution is -2.50. The van der Waals surface area contributed by atoms with Gasteiger partial charge in [-0.05, 0) is 84.3 Å². The molecule has 5 nitrogen and oxygen atoms in total. The van der Waals surface area contributed by atoms with Crippen LogP contribution in [0.25, 0.3) is 5.57 Å². The molecule has 7 atom stereocenters. The summed E-state index contributed by atoms with van der Waals surface area (Å²) in [5, 5.41) is 12.3. The molecule has 0 spiro atoms. The molecule has 0 N–H and O–H groups in total. The van der Waals surface area contributed by atoms with Crippen molar-refractivity contribution >= 4 is 11.5 Å². The van der Waals surface area contributed by atoms with Crippen LogP contribution in [0.2, 0.25) is 0 Å². The predicted octanol–water partition coefficient (Wildman–Crippen LogP) is 4.77. The molecule has 1 aromatic rings. The Labute approximate surface area is 217 Å². The first-order valence-electron chi connectivity index (χ1n) is 14.0. The van der Waals surface area contributed by atoms with Gasteiger partial charge in [0.1, 0.15) is 6.10 Å². The normalized spacial score (nSPS) is 36.6. The van der Waals surface area contributed by atoms with Crippen LogP contribution in [0.15, 0.2) is 42.3 Å². The van der Waals surface area contributed by atoms with Gasteiger partial charge in [0.2, 0.25) is 0 Å². The molecule has 36 heavy (non-hydrogen) atoms. The van der Waals surface area contributed by atoms with Crippen LogP contribution in [-0.4, -0.2) is 55.3 Å². The molecule has 1 aromatic heterocycles. The third-order valence-electron chi connectivity index (χ3n) is 10.1. The zero-order valence-corrected chi connectivity index (χ0v) is 22.8. The number of aromatic nitrogens is 1. The van der Waals surface area contributed by atoms with Crippen LogP contribution in [0.1, 0.15) is 70.8 Å². The third kappa shape index (κ3) is 4.69. The minimum atomic E-state index is -0.908. The molecule has 2 saturated carbocycles. The second kappa shape index (κ2) is 9.40. The first-order valence-corrected chi connectivity index (χ1v) is 14.0. The number of esters is 1. The van der Waals surface area contributed by atoms with Crippen molar-refractivity contribution in [3.63, 3.8) is 0 Å². The largest absolute Gasteiger partial charge is 0.848 e. The fraction of sp³-hybridized carbons (Fsp3) is 0.677. The Morgan fingerprint density at radius 1 is 1.14 bits per heavy atom. The van der Waals surface area contributed by atoms with Gasteiger partial charge in [0.05, 0.1) is 27.7 Å². The average molecular weight is 493 g/mol. The Hall–Kier alpha value is -1.98. The molecule has 0 amide bonds. The minimum Gasteiger partial charge on any atom is -0.848 e. The molecule has 0 bridgehead atoms. The third-order valence-corrected chi connectivity index (χ3v) is 10.1. The van der Waals surface area contributed by atoms with E-state index in [-0.39, 0.29) is 29.3 Å². The lowest BCUT2D eigenvalue weighted by atomic mass is 9.47. The van der Waals surface area contributed by atoms with Gasteiger partial charge in [0.25, 0.3) is 0 Å². The number of likely N-dealkylation sites (N-methyl/N-ethyl adjacent to an activating group) is 1. The van der Waals surface area contributed by atoms with Crippen LogP contribution >= 0.6 is 0 Å². The molecule has 196 valence electrons. The summed E-state index contributed by atoms with van der Waals surface area (Å²) in [4.78, 5) is 16.9. The number of hydrogen-bond donors (Lipinski definition) is 0. The van der Waals surface area contributed by atoms with Crippen molar-refractivity contribution in [1.29, 1.82) is 0 Å². The number of allylic oxidation sites excluding steroid dienone is 3. The van der Waals surface area contributed by atoms with Gasteiger partial charge in [-0.3, -0.25) is 9.78 Å². The van der Waals surface area contributed by atoms with Gasteiger partial charge in [-0.15, -0.1) is 0 Å². The Balaban J connectivity index is 1.25. The fourth-order valence-corrected chi connectivity index (χ4v) is 8.36. The maximum absolute atomic E-state index is 12.5. The topological polar surface area (TPSA) is 62.2 Å². The lowest BCUT2D eigenvalue weighted by Gasteiger charge is -2.57. The molecular formula is C31H44N2O3. The van der Waals surface area contributed by atoms with E-state index in [1.54, 1.807) is 0 Å². The van der Waals surface area contributed by atoms with Crippen LogP contribution in [0, 0.1) is 28.6 Å². The summed E-state index contributed by atoms with van der Waals surface area (Å²) in [6.07, 6.45) is 15.5. The van der Waals surface area contributed by atoms with Crippen LogP contribution in [0.3, 0.4) is 0 Å². The minimum absolute atomic E-state index is 0.0282. The highest BCUT2D eigenvalue weighted by molar-refractivity contribution is 5.72. The number of nitrogens with zero attached hydrogens (tertiary/aromatic N) is 2. The Kier molecular flexibility index (Phi) is 6.70. The molecule has 0 radical (unpaired) electrons. The monoisotopic (exact) mass is 492 g/mol. The Bertz CT molecular complexity index is 1040. The number of ether oxygens (including phenoxy) is 1. The van der Waals surface area contributed by atoms with E-state index in [1.165, 1.54) is 36.0 Å². The summed E-state index contributed by atoms with van der Waals surface area (Å²) in [7, 11) is 5.95. The number of pyridine rings is 1. The first kappa shape index (κ1) is 25.7.